The van der Waals surface area contributed by atoms with Gasteiger partial charge in [0.2, 0.25) is 0 Å². The summed E-state index contributed by atoms with van der Waals surface area (Å²) in [6.45, 7) is 0. The first-order valence-electron chi connectivity index (χ1n) is 4.78. The Hall–Kier alpha value is -0.410. The monoisotopic (exact) mass is 257 g/mol. The second-order valence-electron chi connectivity index (χ2n) is 3.94. The van der Waals surface area contributed by atoms with Gasteiger partial charge in [-0.15, -0.1) is 0 Å². The lowest BCUT2D eigenvalue weighted by Gasteiger charge is -2.14. The normalized spacial score (nSPS) is 18.2. The van der Waals surface area contributed by atoms with E-state index in [4.69, 9.17) is 0 Å². The molecule has 1 aliphatic carbocycles. The predicted octanol–water partition coefficient (Wildman–Crippen LogP) is 2.88. The first kappa shape index (κ1) is 10.1. The molecule has 0 atom stereocenters. The van der Waals surface area contributed by atoms with Crippen LogP contribution in [0, 0.1) is 5.82 Å². The summed E-state index contributed by atoms with van der Waals surface area (Å²) in [7, 11) is 1.95. The number of hydrogen-bond acceptors (Lipinski definition) is 1. The van der Waals surface area contributed by atoms with Crippen LogP contribution in [-0.2, 0) is 6.42 Å². The molecular weight excluding hydrogens is 245 g/mol. The average Bonchev–Trinajstić information content (AvgIpc) is 2.91. The number of halogens is 2. The van der Waals surface area contributed by atoms with Gasteiger partial charge in [0.05, 0.1) is 0 Å². The Balaban J connectivity index is 2.17. The van der Waals surface area contributed by atoms with Crippen LogP contribution in [0.4, 0.5) is 4.39 Å². The van der Waals surface area contributed by atoms with E-state index in [1.54, 1.807) is 0 Å². The van der Waals surface area contributed by atoms with Crippen LogP contribution in [0.15, 0.2) is 22.7 Å². The van der Waals surface area contributed by atoms with Gasteiger partial charge in [0.25, 0.3) is 0 Å². The molecule has 76 valence electrons. The third-order valence-corrected chi connectivity index (χ3v) is 3.42. The van der Waals surface area contributed by atoms with E-state index in [1.807, 2.05) is 19.2 Å². The van der Waals surface area contributed by atoms with E-state index < -0.39 is 0 Å². The summed E-state index contributed by atoms with van der Waals surface area (Å²) in [5.41, 5.74) is 0.981. The van der Waals surface area contributed by atoms with Gasteiger partial charge < -0.3 is 5.32 Å². The average molecular weight is 258 g/mol. The van der Waals surface area contributed by atoms with E-state index in [2.05, 4.69) is 21.2 Å². The summed E-state index contributed by atoms with van der Waals surface area (Å²) in [5.74, 6) is -0.110. The quantitative estimate of drug-likeness (QED) is 0.879. The SMILES string of the molecule is CNC1(Cc2ccc(Br)cc2F)CC1. The summed E-state index contributed by atoms with van der Waals surface area (Å²) in [6, 6.07) is 5.28. The lowest BCUT2D eigenvalue weighted by atomic mass is 10.0. The minimum absolute atomic E-state index is 0.110. The molecule has 1 saturated carbocycles. The summed E-state index contributed by atoms with van der Waals surface area (Å²) < 4.78 is 14.3. The van der Waals surface area contributed by atoms with Gasteiger partial charge in [-0.25, -0.2) is 4.39 Å². The van der Waals surface area contributed by atoms with Gasteiger partial charge >= 0.3 is 0 Å². The van der Waals surface area contributed by atoms with Crippen LogP contribution < -0.4 is 5.32 Å². The molecule has 1 aliphatic rings. The molecule has 2 rings (SSSR count). The van der Waals surface area contributed by atoms with Crippen LogP contribution in [-0.4, -0.2) is 12.6 Å². The van der Waals surface area contributed by atoms with E-state index in [1.165, 1.54) is 6.07 Å². The number of rotatable bonds is 3. The topological polar surface area (TPSA) is 12.0 Å². The van der Waals surface area contributed by atoms with Gasteiger partial charge in [-0.3, -0.25) is 0 Å². The zero-order valence-electron chi connectivity index (χ0n) is 8.11. The van der Waals surface area contributed by atoms with Crippen LogP contribution in [0.25, 0.3) is 0 Å². The zero-order valence-corrected chi connectivity index (χ0v) is 9.70. The van der Waals surface area contributed by atoms with Crippen molar-refractivity contribution in [2.75, 3.05) is 7.05 Å². The molecule has 0 unspecified atom stereocenters. The summed E-state index contributed by atoms with van der Waals surface area (Å²) in [5, 5.41) is 3.26. The predicted molar refractivity (Wildman–Crippen MR) is 58.8 cm³/mol. The minimum atomic E-state index is -0.110. The highest BCUT2D eigenvalue weighted by Gasteiger charge is 2.41. The standard InChI is InChI=1S/C11H13BrFN/c1-14-11(4-5-11)7-8-2-3-9(12)6-10(8)13/h2-3,6,14H,4-5,7H2,1H3. The molecule has 1 aromatic carbocycles. The van der Waals surface area contributed by atoms with Gasteiger partial charge in [0, 0.05) is 10.0 Å². The Bertz CT molecular complexity index is 347. The highest BCUT2D eigenvalue weighted by Crippen LogP contribution is 2.38. The molecule has 0 saturated heterocycles. The van der Waals surface area contributed by atoms with Crippen molar-refractivity contribution >= 4 is 15.9 Å². The third-order valence-electron chi connectivity index (χ3n) is 2.93. The summed E-state index contributed by atoms with van der Waals surface area (Å²) in [6.07, 6.45) is 3.10. The lowest BCUT2D eigenvalue weighted by molar-refractivity contribution is 0.524. The van der Waals surface area contributed by atoms with Crippen molar-refractivity contribution in [3.63, 3.8) is 0 Å². The van der Waals surface area contributed by atoms with Crippen molar-refractivity contribution in [2.24, 2.45) is 0 Å². The fraction of sp³-hybridized carbons (Fsp3) is 0.455. The molecule has 0 heterocycles. The van der Waals surface area contributed by atoms with Crippen molar-refractivity contribution in [3.8, 4) is 0 Å². The fourth-order valence-corrected chi connectivity index (χ4v) is 2.03. The smallest absolute Gasteiger partial charge is 0.127 e. The fourth-order valence-electron chi connectivity index (χ4n) is 1.70. The minimum Gasteiger partial charge on any atom is -0.314 e. The van der Waals surface area contributed by atoms with Crippen molar-refractivity contribution in [3.05, 3.63) is 34.1 Å². The van der Waals surface area contributed by atoms with Crippen molar-refractivity contribution in [1.29, 1.82) is 0 Å². The number of likely N-dealkylation sites (N-methyl/N-ethyl adjacent to an activating group) is 1. The Kier molecular flexibility index (Phi) is 2.62. The van der Waals surface area contributed by atoms with Gasteiger partial charge in [-0.1, -0.05) is 22.0 Å². The molecule has 0 amide bonds. The van der Waals surface area contributed by atoms with E-state index in [-0.39, 0.29) is 11.4 Å². The van der Waals surface area contributed by atoms with Gasteiger partial charge in [-0.2, -0.15) is 0 Å². The Morgan fingerprint density at radius 1 is 1.50 bits per heavy atom. The number of hydrogen-bond donors (Lipinski definition) is 1. The molecule has 3 heteroatoms. The second kappa shape index (κ2) is 3.63. The van der Waals surface area contributed by atoms with E-state index in [9.17, 15) is 4.39 Å². The van der Waals surface area contributed by atoms with Crippen LogP contribution in [0.2, 0.25) is 0 Å². The van der Waals surface area contributed by atoms with Gasteiger partial charge in [-0.05, 0) is 44.0 Å². The van der Waals surface area contributed by atoms with Crippen molar-refractivity contribution in [2.45, 2.75) is 24.8 Å². The first-order chi connectivity index (χ1) is 6.65. The van der Waals surface area contributed by atoms with Crippen LogP contribution >= 0.6 is 15.9 Å². The molecule has 1 N–H and O–H groups in total. The molecule has 1 nitrogen and oxygen atoms in total. The maximum atomic E-state index is 13.5. The Morgan fingerprint density at radius 3 is 2.71 bits per heavy atom. The molecule has 0 aliphatic heterocycles. The second-order valence-corrected chi connectivity index (χ2v) is 4.86. The molecule has 0 radical (unpaired) electrons. The zero-order chi connectivity index (χ0) is 10.2. The Morgan fingerprint density at radius 2 is 2.21 bits per heavy atom. The number of nitrogens with one attached hydrogen (secondary N) is 1. The summed E-state index contributed by atoms with van der Waals surface area (Å²) >= 11 is 3.25. The van der Waals surface area contributed by atoms with Crippen molar-refractivity contribution < 1.29 is 4.39 Å². The maximum Gasteiger partial charge on any atom is 0.127 e. The molecular formula is C11H13BrFN. The summed E-state index contributed by atoms with van der Waals surface area (Å²) in [4.78, 5) is 0. The molecule has 0 spiro atoms. The van der Waals surface area contributed by atoms with E-state index >= 15 is 0 Å². The molecule has 1 fully saturated rings. The molecule has 0 bridgehead atoms. The van der Waals surface area contributed by atoms with E-state index in [0.717, 1.165) is 29.3 Å². The van der Waals surface area contributed by atoms with Gasteiger partial charge in [0.1, 0.15) is 5.82 Å². The van der Waals surface area contributed by atoms with E-state index in [0.29, 0.717) is 0 Å². The van der Waals surface area contributed by atoms with Gasteiger partial charge in [0.15, 0.2) is 0 Å². The number of benzene rings is 1. The maximum absolute atomic E-state index is 13.5. The van der Waals surface area contributed by atoms with Crippen molar-refractivity contribution in [1.82, 2.24) is 5.32 Å². The van der Waals surface area contributed by atoms with Crippen LogP contribution in [0.5, 0.6) is 0 Å². The molecule has 1 aromatic rings. The lowest BCUT2D eigenvalue weighted by Crippen LogP contribution is -2.29. The highest BCUT2D eigenvalue weighted by molar-refractivity contribution is 9.10. The largest absolute Gasteiger partial charge is 0.314 e. The third kappa shape index (κ3) is 1.98. The molecule has 0 aromatic heterocycles. The molecule has 14 heavy (non-hydrogen) atoms. The highest BCUT2D eigenvalue weighted by atomic mass is 79.9. The van der Waals surface area contributed by atoms with Crippen LogP contribution in [0.3, 0.4) is 0 Å². The van der Waals surface area contributed by atoms with Crippen LogP contribution in [0.1, 0.15) is 18.4 Å². The first-order valence-corrected chi connectivity index (χ1v) is 5.57. The Labute approximate surface area is 91.8 Å².